The summed E-state index contributed by atoms with van der Waals surface area (Å²) in [5.74, 6) is 0.782. The summed E-state index contributed by atoms with van der Waals surface area (Å²) in [5, 5.41) is 0. The van der Waals surface area contributed by atoms with Crippen molar-refractivity contribution in [2.24, 2.45) is 0 Å². The Bertz CT molecular complexity index is 492. The average Bonchev–Trinajstić information content (AvgIpc) is 2.38. The predicted molar refractivity (Wildman–Crippen MR) is 78.7 cm³/mol. The van der Waals surface area contributed by atoms with Gasteiger partial charge in [0.15, 0.2) is 6.29 Å². The molecule has 0 N–H and O–H groups in total. The van der Waals surface area contributed by atoms with Crippen LogP contribution in [-0.2, 0) is 20.4 Å². The van der Waals surface area contributed by atoms with Gasteiger partial charge in [0.05, 0.1) is 5.56 Å². The molecular weight excluding hydrogens is 280 g/mol. The van der Waals surface area contributed by atoms with Gasteiger partial charge in [-0.25, -0.2) is 0 Å². The van der Waals surface area contributed by atoms with Gasteiger partial charge in [-0.2, -0.15) is 0 Å². The number of aldehydes is 1. The lowest BCUT2D eigenvalue weighted by Crippen LogP contribution is -2.00. The summed E-state index contributed by atoms with van der Waals surface area (Å²) in [6.45, 7) is 0. The molecule has 0 aliphatic heterocycles. The van der Waals surface area contributed by atoms with Crippen LogP contribution in [0, 0.1) is 0 Å². The van der Waals surface area contributed by atoms with Crippen molar-refractivity contribution >= 4 is 56.9 Å². The van der Waals surface area contributed by atoms with Crippen LogP contribution >= 0.6 is 16.0 Å². The third-order valence-corrected chi connectivity index (χ3v) is 2.71. The molecule has 0 saturated carbocycles. The van der Waals surface area contributed by atoms with Gasteiger partial charge in [0.1, 0.15) is 11.5 Å². The molecule has 0 saturated heterocycles. The van der Waals surface area contributed by atoms with E-state index in [0.717, 1.165) is 14.2 Å². The van der Waals surface area contributed by atoms with E-state index in [1.807, 2.05) is 0 Å². The molecule has 2 unspecified atom stereocenters. The molecular formula is C7H8B2O3P2S2. The molecule has 0 bridgehead atoms. The van der Waals surface area contributed by atoms with E-state index in [9.17, 15) is 4.79 Å². The Morgan fingerprint density at radius 1 is 1.31 bits per heavy atom. The van der Waals surface area contributed by atoms with E-state index in [1.165, 1.54) is 6.07 Å². The first-order chi connectivity index (χ1) is 8.60. The third kappa shape index (κ3) is 4.42. The van der Waals surface area contributed by atoms with Crippen molar-refractivity contribution in [3.8, 4) is 11.5 Å². The molecule has 0 aliphatic carbocycles. The van der Waals surface area contributed by atoms with Gasteiger partial charge in [-0.1, -0.05) is 16.0 Å². The molecule has 2 atom stereocenters. The van der Waals surface area contributed by atoms with Crippen molar-refractivity contribution in [3.05, 3.63) is 23.8 Å². The third-order valence-electron chi connectivity index (χ3n) is 1.48. The summed E-state index contributed by atoms with van der Waals surface area (Å²) >= 11 is 0. The Morgan fingerprint density at radius 2 is 2.00 bits per heavy atom. The van der Waals surface area contributed by atoms with Crippen LogP contribution in [0.5, 0.6) is 11.5 Å². The topological polar surface area (TPSA) is 35.5 Å². The summed E-state index contributed by atoms with van der Waals surface area (Å²) in [6, 6.07) is 4.70. The molecule has 16 heavy (non-hydrogen) atoms. The first-order valence-corrected chi connectivity index (χ1v) is 8.76. The number of carbonyl (C=O) groups excluding carboxylic acids is 1. The second-order valence-corrected chi connectivity index (χ2v) is 6.52. The molecule has 3 nitrogen and oxygen atoms in total. The maximum absolute atomic E-state index is 10.9. The Hall–Kier alpha value is -0.0801. The lowest BCUT2D eigenvalue weighted by atomic mass is 10.2. The molecule has 0 amide bonds. The lowest BCUT2D eigenvalue weighted by Gasteiger charge is -2.10. The van der Waals surface area contributed by atoms with Crippen molar-refractivity contribution < 1.29 is 13.2 Å². The van der Waals surface area contributed by atoms with Crippen LogP contribution < -0.4 is 8.37 Å². The van der Waals surface area contributed by atoms with Crippen LogP contribution in [0.15, 0.2) is 18.2 Å². The van der Waals surface area contributed by atoms with Gasteiger partial charge in [0.2, 0.25) is 14.2 Å². The Kier molecular flexibility index (Phi) is 4.56. The van der Waals surface area contributed by atoms with Gasteiger partial charge < -0.3 is 8.37 Å². The normalized spacial score (nSPS) is 15.0. The molecule has 0 fully saturated rings. The van der Waals surface area contributed by atoms with Crippen molar-refractivity contribution in [3.63, 3.8) is 0 Å². The molecule has 82 valence electrons. The minimum absolute atomic E-state index is 0.318. The first-order valence-electron chi connectivity index (χ1n) is 5.04. The van der Waals surface area contributed by atoms with Crippen LogP contribution in [0.2, 0.25) is 0 Å². The summed E-state index contributed by atoms with van der Waals surface area (Å²) < 4.78 is 24.8. The van der Waals surface area contributed by atoms with E-state index in [1.54, 1.807) is 12.1 Å². The number of rotatable bonds is 7. The zero-order chi connectivity index (χ0) is 13.5. The molecule has 0 spiro atoms. The van der Waals surface area contributed by atoms with Gasteiger partial charge in [-0.3, -0.25) is 4.79 Å². The number of hydrogen-bond acceptors (Lipinski definition) is 3. The number of benzene rings is 1. The van der Waals surface area contributed by atoms with Gasteiger partial charge in [-0.05, 0) is 35.2 Å². The molecule has 9 heteroatoms. The largest absolute Gasteiger partial charge is 0.442 e. The van der Waals surface area contributed by atoms with Crippen LogP contribution in [0.3, 0.4) is 0 Å². The van der Waals surface area contributed by atoms with Gasteiger partial charge in [0, 0.05) is 6.07 Å². The first kappa shape index (κ1) is 11.0. The van der Waals surface area contributed by atoms with Crippen LogP contribution in [0.1, 0.15) is 10.4 Å². The van der Waals surface area contributed by atoms with Crippen molar-refractivity contribution in [2.45, 2.75) is 0 Å². The molecule has 0 aromatic heterocycles. The second kappa shape index (κ2) is 6.61. The lowest BCUT2D eigenvalue weighted by molar-refractivity contribution is 0.112. The van der Waals surface area contributed by atoms with Crippen LogP contribution in [-0.4, -0.2) is 23.1 Å². The summed E-state index contributed by atoms with van der Waals surface area (Å²) in [5.41, 5.74) is 0.364. The van der Waals surface area contributed by atoms with E-state index in [0.29, 0.717) is 23.3 Å². The average molecular weight is 292 g/mol. The molecule has 0 aliphatic rings. The van der Waals surface area contributed by atoms with Crippen molar-refractivity contribution in [2.75, 3.05) is 0 Å². The minimum Gasteiger partial charge on any atom is -0.442 e. The standard InChI is InChI=1S/C7H8B2O3P2S2/c8-15(13)11-6-2-1-5(4-10)7(3-6)12-16(9)14/h1-4,8-9,13-14H/i8T,9T. The number of hydrogen-bond donors (Lipinski definition) is 0. The summed E-state index contributed by atoms with van der Waals surface area (Å²) in [4.78, 5) is 10.9. The van der Waals surface area contributed by atoms with E-state index in [4.69, 9.17) is 11.0 Å². The van der Waals surface area contributed by atoms with Crippen LogP contribution in [0.25, 0.3) is 0 Å². The Morgan fingerprint density at radius 3 is 2.62 bits per heavy atom. The fraction of sp³-hybridized carbons (Fsp3) is 0. The maximum Gasteiger partial charge on any atom is 0.222 e. The zero-order valence-corrected chi connectivity index (χ0v) is 11.6. The minimum atomic E-state index is -0.885. The van der Waals surface area contributed by atoms with Gasteiger partial charge in [0.25, 0.3) is 0 Å². The van der Waals surface area contributed by atoms with Crippen LogP contribution in [0.4, 0.5) is 0 Å². The monoisotopic (exact) mass is 292 g/mol. The fourth-order valence-corrected chi connectivity index (χ4v) is 2.14. The Labute approximate surface area is 108 Å². The quantitative estimate of drug-likeness (QED) is 0.428. The van der Waals surface area contributed by atoms with Crippen molar-refractivity contribution in [1.82, 2.24) is 0 Å². The van der Waals surface area contributed by atoms with E-state index >= 15 is 0 Å². The maximum atomic E-state index is 10.9. The highest BCUT2D eigenvalue weighted by Gasteiger charge is 2.06. The molecule has 2 radical (unpaired) electrons. The van der Waals surface area contributed by atoms with Gasteiger partial charge >= 0.3 is 0 Å². The van der Waals surface area contributed by atoms with Crippen molar-refractivity contribution in [1.29, 1.82) is 2.67 Å². The molecule has 0 heterocycles. The predicted octanol–water partition coefficient (Wildman–Crippen LogP) is 1.07. The second-order valence-electron chi connectivity index (χ2n) is 2.58. The zero-order valence-electron chi connectivity index (χ0n) is 10.0. The molecule has 1 aromatic carbocycles. The smallest absolute Gasteiger partial charge is 0.222 e. The molecule has 1 aromatic rings. The van der Waals surface area contributed by atoms with E-state index in [2.05, 4.69) is 16.0 Å². The van der Waals surface area contributed by atoms with E-state index in [-0.39, 0.29) is 0 Å². The fourth-order valence-electron chi connectivity index (χ4n) is 0.936. The van der Waals surface area contributed by atoms with Gasteiger partial charge in [-0.15, -0.1) is 0 Å². The van der Waals surface area contributed by atoms with E-state index < -0.39 is 20.4 Å². The highest BCUT2D eigenvalue weighted by atomic mass is 32.5. The summed E-state index contributed by atoms with van der Waals surface area (Å²) in [7, 11) is 6.87. The summed E-state index contributed by atoms with van der Waals surface area (Å²) in [6.07, 6.45) is 0.663. The Balaban J connectivity index is 2.97. The number of carbonyl (C=O) groups is 1. The molecule has 1 rings (SSSR count). The highest BCUT2D eigenvalue weighted by molar-refractivity contribution is 8.28. The SMILES string of the molecule is [3H][B]S(=P)Oc1ccc(C=O)c(OS(=P)[B][3H])c1. The highest BCUT2D eigenvalue weighted by Crippen LogP contribution is 2.25.